The summed E-state index contributed by atoms with van der Waals surface area (Å²) >= 11 is 6.03. The van der Waals surface area contributed by atoms with Crippen LogP contribution in [0.3, 0.4) is 0 Å². The molecule has 6 nitrogen and oxygen atoms in total. The number of nitrogens with zero attached hydrogens (tertiary/aromatic N) is 4. The molecule has 0 aliphatic carbocycles. The molecule has 2 aromatic heterocycles. The van der Waals surface area contributed by atoms with Crippen LogP contribution in [0.15, 0.2) is 17.2 Å². The van der Waals surface area contributed by atoms with Gasteiger partial charge in [0.1, 0.15) is 12.1 Å². The van der Waals surface area contributed by atoms with Gasteiger partial charge in [-0.05, 0) is 6.42 Å². The third kappa shape index (κ3) is 1.46. The lowest BCUT2D eigenvalue weighted by molar-refractivity contribution is 0.916. The summed E-state index contributed by atoms with van der Waals surface area (Å²) in [5, 5.41) is 6.45. The van der Waals surface area contributed by atoms with Crippen LogP contribution in [0.2, 0.25) is 0 Å². The summed E-state index contributed by atoms with van der Waals surface area (Å²) in [6.07, 6.45) is 2.44. The topological polar surface area (TPSA) is 66.3 Å². The number of alkyl halides is 1. The number of aromatic nitrogens is 4. The molecule has 0 bridgehead atoms. The average molecular weight is 240 g/mol. The highest BCUT2D eigenvalue weighted by Gasteiger charge is 2.21. The molecule has 16 heavy (non-hydrogen) atoms. The number of hydrogen-bond acceptors (Lipinski definition) is 4. The third-order valence-electron chi connectivity index (χ3n) is 2.75. The van der Waals surface area contributed by atoms with Gasteiger partial charge in [0.15, 0.2) is 5.65 Å². The minimum absolute atomic E-state index is 0.180. The van der Waals surface area contributed by atoms with Crippen LogP contribution in [-0.2, 0) is 0 Å². The predicted octanol–water partition coefficient (Wildman–Crippen LogP) is 0.235. The minimum Gasteiger partial charge on any atom is -0.355 e. The van der Waals surface area contributed by atoms with Crippen LogP contribution in [0.5, 0.6) is 0 Å². The van der Waals surface area contributed by atoms with Gasteiger partial charge in [-0.2, -0.15) is 5.10 Å². The molecule has 1 unspecified atom stereocenters. The zero-order valence-corrected chi connectivity index (χ0v) is 9.18. The Morgan fingerprint density at radius 1 is 1.56 bits per heavy atom. The Hall–Kier alpha value is -1.56. The lowest BCUT2D eigenvalue weighted by atomic mass is 10.4. The quantitative estimate of drug-likeness (QED) is 0.724. The molecule has 1 aliphatic rings. The van der Waals surface area contributed by atoms with E-state index in [4.69, 9.17) is 11.6 Å². The first-order valence-electron chi connectivity index (χ1n) is 5.06. The number of anilines is 1. The lowest BCUT2D eigenvalue weighted by Gasteiger charge is -2.15. The summed E-state index contributed by atoms with van der Waals surface area (Å²) < 4.78 is 1.37. The normalized spacial score (nSPS) is 20.8. The van der Waals surface area contributed by atoms with Crippen molar-refractivity contribution in [2.24, 2.45) is 0 Å². The molecular weight excluding hydrogens is 230 g/mol. The SMILES string of the molecule is O=c1[nH]nc2cc(N3CCC(Cl)C3)ncn12. The molecule has 1 saturated heterocycles. The van der Waals surface area contributed by atoms with Crippen LogP contribution in [0.4, 0.5) is 5.82 Å². The van der Waals surface area contributed by atoms with Crippen molar-refractivity contribution in [3.63, 3.8) is 0 Å². The monoisotopic (exact) mass is 239 g/mol. The van der Waals surface area contributed by atoms with Crippen molar-refractivity contribution < 1.29 is 0 Å². The van der Waals surface area contributed by atoms with Crippen LogP contribution in [0.25, 0.3) is 5.65 Å². The van der Waals surface area contributed by atoms with E-state index in [1.54, 1.807) is 6.07 Å². The molecule has 1 N–H and O–H groups in total. The number of nitrogens with one attached hydrogen (secondary N) is 1. The lowest BCUT2D eigenvalue weighted by Crippen LogP contribution is -2.21. The van der Waals surface area contributed by atoms with Crippen molar-refractivity contribution in [1.29, 1.82) is 0 Å². The average Bonchev–Trinajstić information content (AvgIpc) is 2.86. The molecule has 84 valence electrons. The van der Waals surface area contributed by atoms with Crippen LogP contribution >= 0.6 is 11.6 Å². The molecule has 0 radical (unpaired) electrons. The predicted molar refractivity (Wildman–Crippen MR) is 60.1 cm³/mol. The van der Waals surface area contributed by atoms with E-state index in [0.717, 1.165) is 25.3 Å². The summed E-state index contributed by atoms with van der Waals surface area (Å²) in [6.45, 7) is 1.69. The number of halogens is 1. The Morgan fingerprint density at radius 2 is 2.44 bits per heavy atom. The first kappa shape index (κ1) is 9.65. The summed E-state index contributed by atoms with van der Waals surface area (Å²) in [4.78, 5) is 17.6. The Bertz CT molecular complexity index is 577. The molecule has 1 atom stereocenters. The van der Waals surface area contributed by atoms with E-state index in [0.29, 0.717) is 5.65 Å². The largest absolute Gasteiger partial charge is 0.355 e. The van der Waals surface area contributed by atoms with E-state index in [2.05, 4.69) is 20.1 Å². The van der Waals surface area contributed by atoms with Crippen molar-refractivity contribution in [2.45, 2.75) is 11.8 Å². The van der Waals surface area contributed by atoms with E-state index < -0.39 is 0 Å². The Kier molecular flexibility index (Phi) is 2.10. The fourth-order valence-corrected chi connectivity index (χ4v) is 2.16. The Morgan fingerprint density at radius 3 is 3.19 bits per heavy atom. The zero-order chi connectivity index (χ0) is 11.1. The maximum absolute atomic E-state index is 11.2. The fraction of sp³-hybridized carbons (Fsp3) is 0.444. The van der Waals surface area contributed by atoms with E-state index in [9.17, 15) is 4.79 Å². The van der Waals surface area contributed by atoms with E-state index in [1.165, 1.54) is 10.7 Å². The van der Waals surface area contributed by atoms with Gasteiger partial charge in [0.05, 0.1) is 5.38 Å². The van der Waals surface area contributed by atoms with Gasteiger partial charge in [-0.1, -0.05) is 0 Å². The summed E-state index contributed by atoms with van der Waals surface area (Å²) in [5.41, 5.74) is 0.304. The van der Waals surface area contributed by atoms with Gasteiger partial charge in [0.2, 0.25) is 0 Å². The van der Waals surface area contributed by atoms with Gasteiger partial charge >= 0.3 is 5.69 Å². The fourth-order valence-electron chi connectivity index (χ4n) is 1.90. The first-order chi connectivity index (χ1) is 7.74. The molecule has 2 aromatic rings. The first-order valence-corrected chi connectivity index (χ1v) is 5.49. The molecule has 3 heterocycles. The van der Waals surface area contributed by atoms with Crippen molar-refractivity contribution in [3.05, 3.63) is 22.9 Å². The second-order valence-corrected chi connectivity index (χ2v) is 4.45. The van der Waals surface area contributed by atoms with Crippen molar-refractivity contribution >= 4 is 23.1 Å². The number of hydrogen-bond donors (Lipinski definition) is 1. The van der Waals surface area contributed by atoms with Crippen LogP contribution in [-0.4, -0.2) is 38.0 Å². The number of H-pyrrole nitrogens is 1. The molecule has 0 saturated carbocycles. The van der Waals surface area contributed by atoms with Gasteiger partial charge in [0.25, 0.3) is 0 Å². The maximum Gasteiger partial charge on any atom is 0.348 e. The Labute approximate surface area is 95.9 Å². The van der Waals surface area contributed by atoms with E-state index in [-0.39, 0.29) is 11.1 Å². The van der Waals surface area contributed by atoms with Gasteiger partial charge < -0.3 is 4.90 Å². The smallest absolute Gasteiger partial charge is 0.348 e. The van der Waals surface area contributed by atoms with Crippen molar-refractivity contribution in [3.8, 4) is 0 Å². The summed E-state index contributed by atoms with van der Waals surface area (Å²) in [6, 6.07) is 1.78. The number of rotatable bonds is 1. The maximum atomic E-state index is 11.2. The van der Waals surface area contributed by atoms with Crippen LogP contribution < -0.4 is 10.6 Å². The number of fused-ring (bicyclic) bond motifs is 1. The van der Waals surface area contributed by atoms with Gasteiger partial charge in [-0.3, -0.25) is 0 Å². The molecule has 1 aliphatic heterocycles. The van der Waals surface area contributed by atoms with E-state index >= 15 is 0 Å². The number of aromatic amines is 1. The zero-order valence-electron chi connectivity index (χ0n) is 8.43. The highest BCUT2D eigenvalue weighted by Crippen LogP contribution is 2.21. The van der Waals surface area contributed by atoms with Gasteiger partial charge in [0, 0.05) is 19.2 Å². The van der Waals surface area contributed by atoms with Crippen LogP contribution in [0.1, 0.15) is 6.42 Å². The standard InChI is InChI=1S/C9H10ClN5O/c10-6-1-2-14(4-6)7-3-8-12-13-9(16)15(8)5-11-7/h3,5-6H,1-2,4H2,(H,13,16). The van der Waals surface area contributed by atoms with Gasteiger partial charge in [-0.15, -0.1) is 11.6 Å². The minimum atomic E-state index is -0.273. The third-order valence-corrected chi connectivity index (χ3v) is 3.11. The second kappa shape index (κ2) is 3.48. The van der Waals surface area contributed by atoms with Crippen LogP contribution in [0, 0.1) is 0 Å². The van der Waals surface area contributed by atoms with Crippen molar-refractivity contribution in [1.82, 2.24) is 19.6 Å². The molecule has 1 fully saturated rings. The molecule has 0 amide bonds. The molecule has 3 rings (SSSR count). The highest BCUT2D eigenvalue weighted by atomic mass is 35.5. The second-order valence-electron chi connectivity index (χ2n) is 3.84. The van der Waals surface area contributed by atoms with Crippen molar-refractivity contribution in [2.75, 3.05) is 18.0 Å². The Balaban J connectivity index is 2.02. The molecule has 7 heteroatoms. The molecule has 0 aromatic carbocycles. The van der Waals surface area contributed by atoms with E-state index in [1.807, 2.05) is 0 Å². The summed E-state index contributed by atoms with van der Waals surface area (Å²) in [5.74, 6) is 0.814. The molecular formula is C9H10ClN5O. The summed E-state index contributed by atoms with van der Waals surface area (Å²) in [7, 11) is 0. The highest BCUT2D eigenvalue weighted by molar-refractivity contribution is 6.21. The molecule has 0 spiro atoms. The van der Waals surface area contributed by atoms with Gasteiger partial charge in [-0.25, -0.2) is 19.3 Å².